The molecule has 0 amide bonds. The van der Waals surface area contributed by atoms with E-state index in [9.17, 15) is 19.6 Å². The number of benzene rings is 2. The lowest BCUT2D eigenvalue weighted by Crippen LogP contribution is -2.01. The zero-order valence-electron chi connectivity index (χ0n) is 9.75. The normalized spacial score (nSPS) is 10.2. The predicted octanol–water partition coefficient (Wildman–Crippen LogP) is 3.02. The van der Waals surface area contributed by atoms with Crippen molar-refractivity contribution in [1.82, 2.24) is 0 Å². The lowest BCUT2D eigenvalue weighted by atomic mass is 10.2. The van der Waals surface area contributed by atoms with Crippen LogP contribution in [0.25, 0.3) is 0 Å². The zero-order chi connectivity index (χ0) is 13.8. The fraction of sp³-hybridized carbons (Fsp3) is 0.0769. The summed E-state index contributed by atoms with van der Waals surface area (Å²) in [5.41, 5.74) is -0.505. The van der Waals surface area contributed by atoms with E-state index in [2.05, 4.69) is 0 Å². The van der Waals surface area contributed by atoms with E-state index in [-0.39, 0.29) is 17.9 Å². The molecule has 2 aromatic carbocycles. The number of aromatic hydroxyl groups is 1. The van der Waals surface area contributed by atoms with Crippen molar-refractivity contribution in [3.8, 4) is 11.5 Å². The standard InChI is InChI=1S/C13H10FNO4/c14-13-9(3-1-6-12(13)15(17)18)8-19-11-5-2-4-10(16)7-11/h1-7,16H,8H2. The van der Waals surface area contributed by atoms with Gasteiger partial charge in [-0.2, -0.15) is 4.39 Å². The molecule has 5 nitrogen and oxygen atoms in total. The van der Waals surface area contributed by atoms with Gasteiger partial charge in [0.15, 0.2) is 0 Å². The summed E-state index contributed by atoms with van der Waals surface area (Å²) in [6.07, 6.45) is 0. The highest BCUT2D eigenvalue weighted by Crippen LogP contribution is 2.23. The Labute approximate surface area is 108 Å². The molecule has 0 atom stereocenters. The number of nitrogens with zero attached hydrogens (tertiary/aromatic N) is 1. The van der Waals surface area contributed by atoms with Gasteiger partial charge in [-0.05, 0) is 12.1 Å². The Kier molecular flexibility index (Phi) is 3.61. The van der Waals surface area contributed by atoms with Gasteiger partial charge in [-0.25, -0.2) is 0 Å². The number of nitro benzene ring substituents is 1. The van der Waals surface area contributed by atoms with Crippen LogP contribution in [-0.2, 0) is 6.61 Å². The highest BCUT2D eigenvalue weighted by atomic mass is 19.1. The fourth-order valence-electron chi connectivity index (χ4n) is 1.55. The summed E-state index contributed by atoms with van der Waals surface area (Å²) in [5, 5.41) is 19.8. The summed E-state index contributed by atoms with van der Waals surface area (Å²) in [6, 6.07) is 9.90. The maximum Gasteiger partial charge on any atom is 0.305 e. The minimum atomic E-state index is -0.910. The highest BCUT2D eigenvalue weighted by molar-refractivity contribution is 5.37. The lowest BCUT2D eigenvalue weighted by molar-refractivity contribution is -0.387. The van der Waals surface area contributed by atoms with E-state index in [4.69, 9.17) is 4.74 Å². The van der Waals surface area contributed by atoms with E-state index < -0.39 is 16.4 Å². The maximum absolute atomic E-state index is 13.7. The number of hydrogen-bond acceptors (Lipinski definition) is 4. The molecule has 0 saturated heterocycles. The van der Waals surface area contributed by atoms with Crippen LogP contribution in [0.3, 0.4) is 0 Å². The van der Waals surface area contributed by atoms with Gasteiger partial charge in [-0.15, -0.1) is 0 Å². The first-order valence-corrected chi connectivity index (χ1v) is 5.41. The number of nitro groups is 1. The molecule has 98 valence electrons. The highest BCUT2D eigenvalue weighted by Gasteiger charge is 2.17. The Morgan fingerprint density at radius 1 is 1.26 bits per heavy atom. The Morgan fingerprint density at radius 3 is 2.68 bits per heavy atom. The second-order valence-electron chi connectivity index (χ2n) is 3.79. The van der Waals surface area contributed by atoms with Gasteiger partial charge < -0.3 is 9.84 Å². The third-order valence-electron chi connectivity index (χ3n) is 2.47. The SMILES string of the molecule is O=[N+]([O-])c1cccc(COc2cccc(O)c2)c1F. The number of phenols is 1. The molecule has 0 fully saturated rings. The van der Waals surface area contributed by atoms with Crippen LogP contribution in [0.1, 0.15) is 5.56 Å². The molecular formula is C13H10FNO4. The fourth-order valence-corrected chi connectivity index (χ4v) is 1.55. The summed E-state index contributed by atoms with van der Waals surface area (Å²) >= 11 is 0. The van der Waals surface area contributed by atoms with Crippen LogP contribution in [-0.4, -0.2) is 10.0 Å². The molecule has 0 saturated carbocycles. The van der Waals surface area contributed by atoms with Crippen molar-refractivity contribution in [1.29, 1.82) is 0 Å². The van der Waals surface area contributed by atoms with Gasteiger partial charge in [0.05, 0.1) is 4.92 Å². The molecule has 0 aromatic heterocycles. The number of rotatable bonds is 4. The van der Waals surface area contributed by atoms with E-state index in [0.29, 0.717) is 5.75 Å². The molecular weight excluding hydrogens is 253 g/mol. The molecule has 2 rings (SSSR count). The van der Waals surface area contributed by atoms with Gasteiger partial charge >= 0.3 is 5.69 Å². The summed E-state index contributed by atoms with van der Waals surface area (Å²) in [5.74, 6) is -0.532. The summed E-state index contributed by atoms with van der Waals surface area (Å²) < 4.78 is 19.0. The van der Waals surface area contributed by atoms with Crippen molar-refractivity contribution in [2.75, 3.05) is 0 Å². The van der Waals surface area contributed by atoms with Gasteiger partial charge in [0.2, 0.25) is 5.82 Å². The third-order valence-corrected chi connectivity index (χ3v) is 2.47. The largest absolute Gasteiger partial charge is 0.508 e. The van der Waals surface area contributed by atoms with Crippen LogP contribution < -0.4 is 4.74 Å². The van der Waals surface area contributed by atoms with Crippen molar-refractivity contribution < 1.29 is 19.2 Å². The molecule has 0 radical (unpaired) electrons. The minimum Gasteiger partial charge on any atom is -0.508 e. The number of hydrogen-bond donors (Lipinski definition) is 1. The Balaban J connectivity index is 2.16. The van der Waals surface area contributed by atoms with Crippen LogP contribution >= 0.6 is 0 Å². The summed E-state index contributed by atoms with van der Waals surface area (Å²) in [4.78, 5) is 9.80. The van der Waals surface area contributed by atoms with Crippen LogP contribution in [0, 0.1) is 15.9 Å². The molecule has 0 aliphatic carbocycles. The van der Waals surface area contributed by atoms with Gasteiger partial charge in [-0.1, -0.05) is 18.2 Å². The van der Waals surface area contributed by atoms with E-state index in [1.165, 1.54) is 24.3 Å². The van der Waals surface area contributed by atoms with Crippen molar-refractivity contribution >= 4 is 5.69 Å². The van der Waals surface area contributed by atoms with Crippen LogP contribution in [0.5, 0.6) is 11.5 Å². The number of halogens is 1. The van der Waals surface area contributed by atoms with Crippen LogP contribution in [0.2, 0.25) is 0 Å². The molecule has 0 aliphatic heterocycles. The first-order chi connectivity index (χ1) is 9.08. The molecule has 0 bridgehead atoms. The third kappa shape index (κ3) is 2.98. The van der Waals surface area contributed by atoms with Crippen LogP contribution in [0.15, 0.2) is 42.5 Å². The number of ether oxygens (including phenoxy) is 1. The zero-order valence-corrected chi connectivity index (χ0v) is 9.75. The Hall–Kier alpha value is -2.63. The molecule has 0 spiro atoms. The average molecular weight is 263 g/mol. The minimum absolute atomic E-state index is 0.0250. The quantitative estimate of drug-likeness (QED) is 0.679. The van der Waals surface area contributed by atoms with Crippen molar-refractivity contribution in [3.63, 3.8) is 0 Å². The molecule has 19 heavy (non-hydrogen) atoms. The Bertz CT molecular complexity index is 615. The lowest BCUT2D eigenvalue weighted by Gasteiger charge is -2.07. The summed E-state index contributed by atoms with van der Waals surface area (Å²) in [7, 11) is 0. The maximum atomic E-state index is 13.7. The molecule has 2 aromatic rings. The Morgan fingerprint density at radius 2 is 2.00 bits per heavy atom. The van der Waals surface area contributed by atoms with Gasteiger partial charge in [-0.3, -0.25) is 10.1 Å². The second kappa shape index (κ2) is 5.34. The van der Waals surface area contributed by atoms with E-state index in [0.717, 1.165) is 6.07 Å². The van der Waals surface area contributed by atoms with E-state index in [1.54, 1.807) is 12.1 Å². The van der Waals surface area contributed by atoms with Gasteiger partial charge in [0.25, 0.3) is 0 Å². The van der Waals surface area contributed by atoms with Gasteiger partial charge in [0, 0.05) is 17.7 Å². The smallest absolute Gasteiger partial charge is 0.305 e. The molecule has 0 aliphatic rings. The molecule has 0 heterocycles. The second-order valence-corrected chi connectivity index (χ2v) is 3.79. The number of phenolic OH excluding ortho intramolecular Hbond substituents is 1. The van der Waals surface area contributed by atoms with E-state index in [1.807, 2.05) is 0 Å². The van der Waals surface area contributed by atoms with Crippen LogP contribution in [0.4, 0.5) is 10.1 Å². The summed E-state index contributed by atoms with van der Waals surface area (Å²) in [6.45, 7) is -0.156. The average Bonchev–Trinajstić information content (AvgIpc) is 2.37. The monoisotopic (exact) mass is 263 g/mol. The van der Waals surface area contributed by atoms with Gasteiger partial charge in [0.1, 0.15) is 18.1 Å². The van der Waals surface area contributed by atoms with Crippen molar-refractivity contribution in [2.45, 2.75) is 6.61 Å². The first kappa shape index (κ1) is 12.8. The van der Waals surface area contributed by atoms with Crippen molar-refractivity contribution in [3.05, 3.63) is 64.0 Å². The molecule has 6 heteroatoms. The topological polar surface area (TPSA) is 72.6 Å². The predicted molar refractivity (Wildman–Crippen MR) is 65.5 cm³/mol. The molecule has 0 unspecified atom stereocenters. The van der Waals surface area contributed by atoms with E-state index >= 15 is 0 Å². The van der Waals surface area contributed by atoms with Crippen molar-refractivity contribution in [2.24, 2.45) is 0 Å². The molecule has 1 N–H and O–H groups in total. The first-order valence-electron chi connectivity index (χ1n) is 5.41.